The van der Waals surface area contributed by atoms with Crippen LogP contribution in [0.3, 0.4) is 0 Å². The van der Waals surface area contributed by atoms with Gasteiger partial charge in [0.05, 0.1) is 20.2 Å². The molecular formula is C19H25N3O2. The summed E-state index contributed by atoms with van der Waals surface area (Å²) in [6.45, 7) is 4.75. The van der Waals surface area contributed by atoms with E-state index in [-0.39, 0.29) is 0 Å². The second kappa shape index (κ2) is 10.2. The van der Waals surface area contributed by atoms with E-state index in [0.29, 0.717) is 19.7 Å². The Labute approximate surface area is 143 Å². The number of nitrogens with zero attached hydrogens (tertiary/aromatic N) is 1. The number of nitrogens with one attached hydrogen (secondary N) is 2. The lowest BCUT2D eigenvalue weighted by atomic mass is 10.2. The number of hydrogen-bond donors (Lipinski definition) is 2. The summed E-state index contributed by atoms with van der Waals surface area (Å²) >= 11 is 0. The average molecular weight is 327 g/mol. The first kappa shape index (κ1) is 17.7. The standard InChI is InChI=1S/C19H25N3O2/c1-3-20-19(22-15-16-7-5-4-6-8-16)21-13-14-24-18-11-9-17(23-2)10-12-18/h4-12H,3,13-15H2,1-2H3,(H2,20,21,22). The highest BCUT2D eigenvalue weighted by Gasteiger charge is 1.99. The summed E-state index contributed by atoms with van der Waals surface area (Å²) in [5, 5.41) is 6.51. The van der Waals surface area contributed by atoms with Crippen LogP contribution in [0, 0.1) is 0 Å². The predicted octanol–water partition coefficient (Wildman–Crippen LogP) is 2.83. The van der Waals surface area contributed by atoms with Gasteiger partial charge in [-0.15, -0.1) is 0 Å². The molecule has 2 aromatic rings. The van der Waals surface area contributed by atoms with Crippen molar-refractivity contribution < 1.29 is 9.47 Å². The van der Waals surface area contributed by atoms with Gasteiger partial charge in [0.25, 0.3) is 0 Å². The number of guanidine groups is 1. The lowest BCUT2D eigenvalue weighted by Crippen LogP contribution is -2.39. The average Bonchev–Trinajstić information content (AvgIpc) is 2.64. The summed E-state index contributed by atoms with van der Waals surface area (Å²) < 4.78 is 10.8. The Kier molecular flexibility index (Phi) is 7.47. The zero-order valence-corrected chi connectivity index (χ0v) is 14.3. The molecule has 0 spiro atoms. The van der Waals surface area contributed by atoms with Gasteiger partial charge in [-0.1, -0.05) is 30.3 Å². The van der Waals surface area contributed by atoms with Gasteiger partial charge in [0.1, 0.15) is 18.1 Å². The summed E-state index contributed by atoms with van der Waals surface area (Å²) in [6.07, 6.45) is 0. The van der Waals surface area contributed by atoms with Crippen LogP contribution < -0.4 is 20.1 Å². The highest BCUT2D eigenvalue weighted by molar-refractivity contribution is 5.79. The number of hydrogen-bond acceptors (Lipinski definition) is 3. The van der Waals surface area contributed by atoms with Crippen LogP contribution in [-0.2, 0) is 6.54 Å². The molecule has 5 nitrogen and oxygen atoms in total. The van der Waals surface area contributed by atoms with Gasteiger partial charge >= 0.3 is 0 Å². The van der Waals surface area contributed by atoms with Crippen LogP contribution in [0.4, 0.5) is 0 Å². The second-order valence-corrected chi connectivity index (χ2v) is 5.13. The molecule has 0 radical (unpaired) electrons. The van der Waals surface area contributed by atoms with Crippen molar-refractivity contribution in [3.63, 3.8) is 0 Å². The van der Waals surface area contributed by atoms with E-state index in [1.54, 1.807) is 7.11 Å². The smallest absolute Gasteiger partial charge is 0.191 e. The van der Waals surface area contributed by atoms with Crippen LogP contribution >= 0.6 is 0 Å². The van der Waals surface area contributed by atoms with Crippen LogP contribution in [0.2, 0.25) is 0 Å². The zero-order valence-electron chi connectivity index (χ0n) is 14.3. The SMILES string of the molecule is CCNC(=NCc1ccccc1)NCCOc1ccc(OC)cc1. The molecule has 0 amide bonds. The van der Waals surface area contributed by atoms with Gasteiger partial charge in [-0.2, -0.15) is 0 Å². The lowest BCUT2D eigenvalue weighted by molar-refractivity contribution is 0.321. The van der Waals surface area contributed by atoms with E-state index in [9.17, 15) is 0 Å². The molecule has 0 unspecified atom stereocenters. The lowest BCUT2D eigenvalue weighted by Gasteiger charge is -2.12. The van der Waals surface area contributed by atoms with Crippen LogP contribution in [0.5, 0.6) is 11.5 Å². The topological polar surface area (TPSA) is 54.9 Å². The van der Waals surface area contributed by atoms with Gasteiger partial charge in [-0.05, 0) is 36.8 Å². The summed E-state index contributed by atoms with van der Waals surface area (Å²) in [4.78, 5) is 4.57. The molecule has 0 aromatic heterocycles. The van der Waals surface area contributed by atoms with Crippen molar-refractivity contribution in [3.8, 4) is 11.5 Å². The number of ether oxygens (including phenoxy) is 2. The molecule has 0 saturated heterocycles. The van der Waals surface area contributed by atoms with E-state index in [4.69, 9.17) is 9.47 Å². The second-order valence-electron chi connectivity index (χ2n) is 5.13. The van der Waals surface area contributed by atoms with Crippen molar-refractivity contribution in [2.24, 2.45) is 4.99 Å². The highest BCUT2D eigenvalue weighted by atomic mass is 16.5. The molecule has 0 heterocycles. The molecule has 128 valence electrons. The molecule has 2 aromatic carbocycles. The molecule has 0 aliphatic rings. The zero-order chi connectivity index (χ0) is 17.0. The van der Waals surface area contributed by atoms with Crippen LogP contribution in [0.25, 0.3) is 0 Å². The third-order valence-corrected chi connectivity index (χ3v) is 3.33. The number of rotatable bonds is 8. The number of methoxy groups -OCH3 is 1. The van der Waals surface area contributed by atoms with E-state index < -0.39 is 0 Å². The van der Waals surface area contributed by atoms with Gasteiger partial charge < -0.3 is 20.1 Å². The molecule has 0 fully saturated rings. The van der Waals surface area contributed by atoms with Crippen molar-refractivity contribution in [3.05, 3.63) is 60.2 Å². The van der Waals surface area contributed by atoms with Crippen molar-refractivity contribution in [1.82, 2.24) is 10.6 Å². The molecule has 2 rings (SSSR count). The third-order valence-electron chi connectivity index (χ3n) is 3.33. The van der Waals surface area contributed by atoms with Crippen molar-refractivity contribution in [1.29, 1.82) is 0 Å². The first-order valence-electron chi connectivity index (χ1n) is 8.14. The van der Waals surface area contributed by atoms with Crippen molar-refractivity contribution in [2.75, 3.05) is 26.8 Å². The van der Waals surface area contributed by atoms with Gasteiger partial charge in [-0.3, -0.25) is 0 Å². The summed E-state index contributed by atoms with van der Waals surface area (Å²) in [5.74, 6) is 2.44. The van der Waals surface area contributed by atoms with E-state index >= 15 is 0 Å². The Balaban J connectivity index is 1.76. The maximum absolute atomic E-state index is 5.70. The molecule has 0 saturated carbocycles. The monoisotopic (exact) mass is 327 g/mol. The number of benzene rings is 2. The summed E-state index contributed by atoms with van der Waals surface area (Å²) in [5.41, 5.74) is 1.18. The van der Waals surface area contributed by atoms with Gasteiger partial charge in [-0.25, -0.2) is 4.99 Å². The van der Waals surface area contributed by atoms with Gasteiger partial charge in [0.2, 0.25) is 0 Å². The fourth-order valence-electron chi connectivity index (χ4n) is 2.11. The minimum absolute atomic E-state index is 0.558. The molecule has 0 aliphatic heterocycles. The fourth-order valence-corrected chi connectivity index (χ4v) is 2.11. The first-order valence-corrected chi connectivity index (χ1v) is 8.14. The maximum Gasteiger partial charge on any atom is 0.191 e. The Hall–Kier alpha value is -2.69. The quantitative estimate of drug-likeness (QED) is 0.445. The number of aliphatic imine (C=N–C) groups is 1. The molecule has 5 heteroatoms. The van der Waals surface area contributed by atoms with E-state index in [1.165, 1.54) is 5.56 Å². The maximum atomic E-state index is 5.70. The van der Waals surface area contributed by atoms with Crippen LogP contribution in [0.15, 0.2) is 59.6 Å². The first-order chi connectivity index (χ1) is 11.8. The third kappa shape index (κ3) is 6.20. The summed E-state index contributed by atoms with van der Waals surface area (Å²) in [6, 6.07) is 17.7. The molecule has 0 bridgehead atoms. The normalized spacial score (nSPS) is 11.0. The molecular weight excluding hydrogens is 302 g/mol. The minimum Gasteiger partial charge on any atom is -0.497 e. The Morgan fingerprint density at radius 3 is 2.33 bits per heavy atom. The fraction of sp³-hybridized carbons (Fsp3) is 0.316. The Morgan fingerprint density at radius 2 is 1.67 bits per heavy atom. The van der Waals surface area contributed by atoms with E-state index in [1.807, 2.05) is 49.4 Å². The molecule has 0 aliphatic carbocycles. The minimum atomic E-state index is 0.558. The van der Waals surface area contributed by atoms with Crippen molar-refractivity contribution in [2.45, 2.75) is 13.5 Å². The summed E-state index contributed by atoms with van der Waals surface area (Å²) in [7, 11) is 1.65. The Bertz CT molecular complexity index is 612. The molecule has 2 N–H and O–H groups in total. The Morgan fingerprint density at radius 1 is 0.958 bits per heavy atom. The largest absolute Gasteiger partial charge is 0.497 e. The van der Waals surface area contributed by atoms with Crippen LogP contribution in [0.1, 0.15) is 12.5 Å². The van der Waals surface area contributed by atoms with Gasteiger partial charge in [0.15, 0.2) is 5.96 Å². The predicted molar refractivity (Wildman–Crippen MR) is 97.7 cm³/mol. The van der Waals surface area contributed by atoms with Crippen LogP contribution in [-0.4, -0.2) is 32.8 Å². The van der Waals surface area contributed by atoms with Gasteiger partial charge in [0, 0.05) is 6.54 Å². The highest BCUT2D eigenvalue weighted by Crippen LogP contribution is 2.16. The molecule has 24 heavy (non-hydrogen) atoms. The van der Waals surface area contributed by atoms with E-state index in [0.717, 1.165) is 24.0 Å². The van der Waals surface area contributed by atoms with Crippen molar-refractivity contribution >= 4 is 5.96 Å². The molecule has 0 atom stereocenters. The van der Waals surface area contributed by atoms with E-state index in [2.05, 4.69) is 27.8 Å².